The van der Waals surface area contributed by atoms with E-state index in [-0.39, 0.29) is 17.3 Å². The lowest BCUT2D eigenvalue weighted by molar-refractivity contribution is -0.137. The molecule has 0 amide bonds. The molecule has 0 fully saturated rings. The summed E-state index contributed by atoms with van der Waals surface area (Å²) in [4.78, 5) is 13.8. The van der Waals surface area contributed by atoms with Crippen LogP contribution in [-0.4, -0.2) is 17.6 Å². The predicted octanol–water partition coefficient (Wildman–Crippen LogP) is 13.7. The Morgan fingerprint density at radius 1 is 0.810 bits per heavy atom. The van der Waals surface area contributed by atoms with Crippen LogP contribution in [0.5, 0.6) is 5.75 Å². The van der Waals surface area contributed by atoms with E-state index in [9.17, 15) is 9.90 Å². The van der Waals surface area contributed by atoms with Gasteiger partial charge in [0.1, 0.15) is 11.5 Å². The highest BCUT2D eigenvalue weighted by Gasteiger charge is 2.39. The minimum Gasteiger partial charge on any atom is -0.481 e. The molecule has 4 nitrogen and oxygen atoms in total. The number of hydrogen-bond acceptors (Lipinski definition) is 3. The van der Waals surface area contributed by atoms with E-state index in [2.05, 4.69) is 192 Å². The van der Waals surface area contributed by atoms with Crippen molar-refractivity contribution in [1.29, 1.82) is 0 Å². The Hall–Kier alpha value is -6.13. The molecule has 0 aromatic heterocycles. The summed E-state index contributed by atoms with van der Waals surface area (Å²) < 4.78 is 6.98. The Balaban J connectivity index is 1.27. The maximum absolute atomic E-state index is 11.5. The third-order valence-electron chi connectivity index (χ3n) is 12.0. The lowest BCUT2D eigenvalue weighted by Crippen LogP contribution is -2.27. The molecule has 58 heavy (non-hydrogen) atoms. The van der Waals surface area contributed by atoms with Crippen molar-refractivity contribution in [2.45, 2.75) is 77.6 Å². The molecule has 0 unspecified atom stereocenters. The quantitative estimate of drug-likeness (QED) is 0.121. The summed E-state index contributed by atoms with van der Waals surface area (Å²) in [6, 6.07) is 44.6. The molecule has 0 bridgehead atoms. The average Bonchev–Trinajstić information content (AvgIpc) is 3.44. The Labute approximate surface area is 345 Å². The number of benzene rings is 5. The molecule has 0 spiro atoms. The van der Waals surface area contributed by atoms with E-state index in [1.807, 2.05) is 6.07 Å². The van der Waals surface area contributed by atoms with Crippen molar-refractivity contribution in [2.24, 2.45) is 0 Å². The van der Waals surface area contributed by atoms with E-state index in [4.69, 9.17) is 4.74 Å². The molecular formula is C54H55NO3. The molecule has 294 valence electrons. The lowest BCUT2D eigenvalue weighted by atomic mass is 9.76. The maximum atomic E-state index is 11.5. The number of fused-ring (bicyclic) bond motifs is 1. The summed E-state index contributed by atoms with van der Waals surface area (Å²) in [5.41, 5.74) is 13.6. The van der Waals surface area contributed by atoms with E-state index in [0.717, 1.165) is 64.4 Å². The number of allylic oxidation sites excluding steroid dienone is 8. The second-order valence-corrected chi connectivity index (χ2v) is 16.6. The molecule has 5 aromatic rings. The van der Waals surface area contributed by atoms with Crippen molar-refractivity contribution in [1.82, 2.24) is 0 Å². The van der Waals surface area contributed by atoms with Crippen molar-refractivity contribution >= 4 is 11.7 Å². The van der Waals surface area contributed by atoms with Crippen LogP contribution < -0.4 is 9.64 Å². The van der Waals surface area contributed by atoms with E-state index in [1.165, 1.54) is 33.4 Å². The summed E-state index contributed by atoms with van der Waals surface area (Å²) in [5.74, 6) is 0.891. The number of carbonyl (C=O) groups is 1. The van der Waals surface area contributed by atoms with Crippen molar-refractivity contribution in [3.8, 4) is 28.0 Å². The van der Waals surface area contributed by atoms with Crippen molar-refractivity contribution < 1.29 is 14.6 Å². The van der Waals surface area contributed by atoms with Gasteiger partial charge in [0.25, 0.3) is 0 Å². The van der Waals surface area contributed by atoms with Crippen LogP contribution in [0, 0.1) is 6.92 Å². The van der Waals surface area contributed by atoms with Gasteiger partial charge in [-0.2, -0.15) is 0 Å². The number of carboxylic acids is 1. The first-order valence-corrected chi connectivity index (χ1v) is 20.5. The highest BCUT2D eigenvalue weighted by Crippen LogP contribution is 2.48. The van der Waals surface area contributed by atoms with Crippen LogP contribution >= 0.6 is 0 Å². The third-order valence-corrected chi connectivity index (χ3v) is 12.0. The van der Waals surface area contributed by atoms with Crippen LogP contribution in [0.1, 0.15) is 76.5 Å². The van der Waals surface area contributed by atoms with Gasteiger partial charge < -0.3 is 14.7 Å². The van der Waals surface area contributed by atoms with Gasteiger partial charge >= 0.3 is 5.97 Å². The summed E-state index contributed by atoms with van der Waals surface area (Å²) in [7, 11) is 0. The van der Waals surface area contributed by atoms with Crippen LogP contribution in [0.3, 0.4) is 0 Å². The van der Waals surface area contributed by atoms with Crippen LogP contribution in [-0.2, 0) is 15.6 Å². The van der Waals surface area contributed by atoms with E-state index in [0.29, 0.717) is 13.0 Å². The zero-order chi connectivity index (χ0) is 40.9. The molecule has 1 aliphatic heterocycles. The Kier molecular flexibility index (Phi) is 11.9. The Morgan fingerprint density at radius 3 is 2.16 bits per heavy atom. The van der Waals surface area contributed by atoms with Gasteiger partial charge in [-0.25, -0.2) is 0 Å². The molecule has 1 heterocycles. The van der Waals surface area contributed by atoms with Gasteiger partial charge in [0, 0.05) is 35.2 Å². The Bertz CT molecular complexity index is 2420. The van der Waals surface area contributed by atoms with Crippen molar-refractivity contribution in [3.63, 3.8) is 0 Å². The molecule has 1 aliphatic carbocycles. The number of para-hydroxylation sites is 1. The standard InChI is InChI=1S/C54H55NO3/c1-38-18-10-13-25-47(38)53(3,4)39(2)29-30-42-21-16-22-43(33-36-50-54(5,6)48-26-14-15-27-49(48)55(50)37-17-28-51(56)57)52(42)58-44-34-31-41(32-35-44)46-24-12-11-23-45(46)40-19-8-7-9-20-40/h7-15,18-20,23-27,29-36H,2,16-17,21-22,28,37H2,1,3-6H3,(H,56,57)/b30-29+,43-33+,50-36+. The summed E-state index contributed by atoms with van der Waals surface area (Å²) in [6.07, 6.45) is 12.3. The van der Waals surface area contributed by atoms with Gasteiger partial charge in [-0.15, -0.1) is 0 Å². The van der Waals surface area contributed by atoms with Gasteiger partial charge in [-0.3, -0.25) is 4.79 Å². The molecule has 0 saturated heterocycles. The fraction of sp³-hybridized carbons (Fsp3) is 0.241. The molecule has 0 atom stereocenters. The topological polar surface area (TPSA) is 49.8 Å². The number of ether oxygens (including phenoxy) is 1. The zero-order valence-electron chi connectivity index (χ0n) is 34.6. The van der Waals surface area contributed by atoms with Gasteiger partial charge in [0.15, 0.2) is 0 Å². The van der Waals surface area contributed by atoms with Crippen molar-refractivity contribution in [2.75, 3.05) is 11.4 Å². The maximum Gasteiger partial charge on any atom is 0.303 e. The first-order valence-electron chi connectivity index (χ1n) is 20.5. The fourth-order valence-corrected chi connectivity index (χ4v) is 8.58. The largest absolute Gasteiger partial charge is 0.481 e. The average molecular weight is 766 g/mol. The van der Waals surface area contributed by atoms with Gasteiger partial charge in [-0.05, 0) is 113 Å². The normalized spacial score (nSPS) is 16.6. The monoisotopic (exact) mass is 765 g/mol. The second-order valence-electron chi connectivity index (χ2n) is 16.6. The van der Waals surface area contributed by atoms with Gasteiger partial charge in [0.2, 0.25) is 0 Å². The smallest absolute Gasteiger partial charge is 0.303 e. The molecule has 4 heteroatoms. The number of aryl methyl sites for hydroxylation is 1. The third kappa shape index (κ3) is 8.43. The summed E-state index contributed by atoms with van der Waals surface area (Å²) >= 11 is 0. The summed E-state index contributed by atoms with van der Waals surface area (Å²) in [5, 5.41) is 9.45. The lowest BCUT2D eigenvalue weighted by Gasteiger charge is -2.28. The summed E-state index contributed by atoms with van der Waals surface area (Å²) in [6.45, 7) is 16.4. The van der Waals surface area contributed by atoms with Gasteiger partial charge in [-0.1, -0.05) is 162 Å². The molecule has 1 N–H and O–H groups in total. The second kappa shape index (κ2) is 17.2. The van der Waals surface area contributed by atoms with Crippen LogP contribution in [0.2, 0.25) is 0 Å². The number of hydrogen-bond donors (Lipinski definition) is 1. The number of nitrogens with zero attached hydrogens (tertiary/aromatic N) is 1. The number of aliphatic carboxylic acids is 1. The molecule has 5 aromatic carbocycles. The van der Waals surface area contributed by atoms with E-state index in [1.54, 1.807) is 0 Å². The predicted molar refractivity (Wildman–Crippen MR) is 241 cm³/mol. The van der Waals surface area contributed by atoms with Crippen LogP contribution in [0.25, 0.3) is 22.3 Å². The minimum atomic E-state index is -0.771. The number of rotatable bonds is 13. The van der Waals surface area contributed by atoms with E-state index >= 15 is 0 Å². The van der Waals surface area contributed by atoms with Crippen molar-refractivity contribution in [3.05, 3.63) is 203 Å². The molecule has 2 aliphatic rings. The van der Waals surface area contributed by atoms with Crippen LogP contribution in [0.15, 0.2) is 186 Å². The Morgan fingerprint density at radius 2 is 1.45 bits per heavy atom. The first kappa shape index (κ1) is 40.1. The van der Waals surface area contributed by atoms with Gasteiger partial charge in [0.05, 0.1) is 0 Å². The van der Waals surface area contributed by atoms with Crippen LogP contribution in [0.4, 0.5) is 5.69 Å². The molecule has 0 saturated carbocycles. The fourth-order valence-electron chi connectivity index (χ4n) is 8.58. The minimum absolute atomic E-state index is 0.131. The highest BCUT2D eigenvalue weighted by molar-refractivity contribution is 5.83. The number of carboxylic acid groups (broad SMARTS) is 1. The number of anilines is 1. The highest BCUT2D eigenvalue weighted by atomic mass is 16.5. The molecule has 0 radical (unpaired) electrons. The molecule has 7 rings (SSSR count). The molecular weight excluding hydrogens is 711 g/mol. The van der Waals surface area contributed by atoms with E-state index < -0.39 is 5.97 Å². The first-order chi connectivity index (χ1) is 27.9. The SMILES string of the molecule is C=C(/C=C/C1=C(Oc2ccc(-c3ccccc3-c3ccccc3)cc2)C(=C/C=C2/N(CCCC(=O)O)c3ccccc3C2(C)C)/CCC1)C(C)(C)c1ccccc1C. The zero-order valence-corrected chi connectivity index (χ0v) is 34.6.